The van der Waals surface area contributed by atoms with Crippen LogP contribution < -0.4 is 5.43 Å². The van der Waals surface area contributed by atoms with Crippen LogP contribution in [0.2, 0.25) is 0 Å². The second-order valence-electron chi connectivity index (χ2n) is 7.83. The van der Waals surface area contributed by atoms with Gasteiger partial charge in [-0.2, -0.15) is 9.41 Å². The lowest BCUT2D eigenvalue weighted by Crippen LogP contribution is -2.39. The summed E-state index contributed by atoms with van der Waals surface area (Å²) in [5, 5.41) is 3.99. The molecule has 0 aliphatic carbocycles. The zero-order valence-corrected chi connectivity index (χ0v) is 20.9. The van der Waals surface area contributed by atoms with Gasteiger partial charge in [-0.05, 0) is 46.9 Å². The van der Waals surface area contributed by atoms with Gasteiger partial charge in [0.15, 0.2) is 0 Å². The van der Waals surface area contributed by atoms with Gasteiger partial charge in [-0.15, -0.1) is 0 Å². The van der Waals surface area contributed by atoms with Gasteiger partial charge in [-0.25, -0.2) is 13.8 Å². The Bertz CT molecular complexity index is 1190. The Balaban J connectivity index is 1.73. The number of halogens is 1. The fourth-order valence-electron chi connectivity index (χ4n) is 3.10. The largest absolute Gasteiger partial charge is 0.272 e. The van der Waals surface area contributed by atoms with Crippen LogP contribution in [0, 0.1) is 0 Å². The maximum atomic E-state index is 13.2. The van der Waals surface area contributed by atoms with E-state index in [1.807, 2.05) is 48.5 Å². The van der Waals surface area contributed by atoms with E-state index in [0.717, 1.165) is 19.9 Å². The molecule has 6 nitrogen and oxygen atoms in total. The molecule has 0 bridgehead atoms. The van der Waals surface area contributed by atoms with Gasteiger partial charge >= 0.3 is 0 Å². The van der Waals surface area contributed by atoms with E-state index in [-0.39, 0.29) is 18.0 Å². The molecule has 0 aliphatic rings. The lowest BCUT2D eigenvalue weighted by atomic mass is 10.0. The summed E-state index contributed by atoms with van der Waals surface area (Å²) in [6.07, 6.45) is 1.53. The molecule has 3 aromatic rings. The molecule has 172 valence electrons. The summed E-state index contributed by atoms with van der Waals surface area (Å²) in [6.45, 7) is 3.93. The fraction of sp³-hybridized carbons (Fsp3) is 0.200. The molecule has 0 atom stereocenters. The second kappa shape index (κ2) is 11.4. The number of carbonyl (C=O) groups is 1. The number of carbonyl (C=O) groups excluding carboxylic acids is 1. The van der Waals surface area contributed by atoms with Crippen LogP contribution in [0.3, 0.4) is 0 Å². The number of sulfonamides is 1. The van der Waals surface area contributed by atoms with Crippen molar-refractivity contribution in [1.82, 2.24) is 9.73 Å². The molecule has 0 heterocycles. The Morgan fingerprint density at radius 1 is 1.00 bits per heavy atom. The lowest BCUT2D eigenvalue weighted by molar-refractivity contribution is -0.121. The normalized spacial score (nSPS) is 11.9. The Labute approximate surface area is 203 Å². The van der Waals surface area contributed by atoms with Crippen molar-refractivity contribution in [3.05, 3.63) is 100 Å². The SMILES string of the molecule is CC(C)c1ccc(C=NNC(=O)CN(Cc2ccc(Br)cc2)S(=O)(=O)c2ccccc2)cc1. The molecule has 0 spiro atoms. The minimum atomic E-state index is -3.89. The highest BCUT2D eigenvalue weighted by molar-refractivity contribution is 9.10. The zero-order valence-electron chi connectivity index (χ0n) is 18.5. The molecule has 0 aromatic heterocycles. The number of rotatable bonds is 9. The van der Waals surface area contributed by atoms with E-state index in [0.29, 0.717) is 5.92 Å². The summed E-state index contributed by atoms with van der Waals surface area (Å²) >= 11 is 3.37. The van der Waals surface area contributed by atoms with Crippen molar-refractivity contribution in [3.8, 4) is 0 Å². The smallest absolute Gasteiger partial charge is 0.255 e. The van der Waals surface area contributed by atoms with E-state index in [2.05, 4.69) is 40.3 Å². The van der Waals surface area contributed by atoms with Crippen LogP contribution in [0.25, 0.3) is 0 Å². The van der Waals surface area contributed by atoms with Crippen LogP contribution >= 0.6 is 15.9 Å². The lowest BCUT2D eigenvalue weighted by Gasteiger charge is -2.21. The number of hydrogen-bond donors (Lipinski definition) is 1. The molecule has 0 aliphatic heterocycles. The van der Waals surface area contributed by atoms with Gasteiger partial charge in [-0.3, -0.25) is 4.79 Å². The molecule has 0 fully saturated rings. The van der Waals surface area contributed by atoms with Crippen LogP contribution in [-0.4, -0.2) is 31.4 Å². The third-order valence-corrected chi connectivity index (χ3v) is 7.31. The van der Waals surface area contributed by atoms with Crippen LogP contribution in [-0.2, 0) is 21.4 Å². The monoisotopic (exact) mass is 527 g/mol. The number of amides is 1. The molecule has 0 unspecified atom stereocenters. The summed E-state index contributed by atoms with van der Waals surface area (Å²) in [4.78, 5) is 12.7. The van der Waals surface area contributed by atoms with E-state index in [1.165, 1.54) is 23.9 Å². The highest BCUT2D eigenvalue weighted by Gasteiger charge is 2.26. The van der Waals surface area contributed by atoms with E-state index < -0.39 is 15.9 Å². The fourth-order valence-corrected chi connectivity index (χ4v) is 4.77. The molecule has 1 N–H and O–H groups in total. The summed E-state index contributed by atoms with van der Waals surface area (Å²) in [6, 6.07) is 23.2. The van der Waals surface area contributed by atoms with E-state index >= 15 is 0 Å². The van der Waals surface area contributed by atoms with Crippen molar-refractivity contribution in [1.29, 1.82) is 0 Å². The summed E-state index contributed by atoms with van der Waals surface area (Å²) < 4.78 is 28.5. The van der Waals surface area contributed by atoms with Gasteiger partial charge in [0.05, 0.1) is 17.7 Å². The van der Waals surface area contributed by atoms with Gasteiger partial charge in [-0.1, -0.05) is 84.4 Å². The molecule has 1 amide bonds. The standard InChI is InChI=1S/C25H26BrN3O3S/c1-19(2)22-12-8-20(9-13-22)16-27-28-25(30)18-29(17-21-10-14-23(26)15-11-21)33(31,32)24-6-4-3-5-7-24/h3-16,19H,17-18H2,1-2H3,(H,28,30). The van der Waals surface area contributed by atoms with Crippen LogP contribution in [0.1, 0.15) is 36.5 Å². The molecular weight excluding hydrogens is 502 g/mol. The molecule has 3 rings (SSSR count). The van der Waals surface area contributed by atoms with Crippen molar-refractivity contribution in [3.63, 3.8) is 0 Å². The first-order valence-electron chi connectivity index (χ1n) is 10.5. The Morgan fingerprint density at radius 3 is 2.24 bits per heavy atom. The van der Waals surface area contributed by atoms with Crippen LogP contribution in [0.15, 0.2) is 93.3 Å². The summed E-state index contributed by atoms with van der Waals surface area (Å²) in [5.41, 5.74) is 5.25. The third kappa shape index (κ3) is 7.08. The van der Waals surface area contributed by atoms with Crippen molar-refractivity contribution >= 4 is 38.1 Å². The average molecular weight is 528 g/mol. The second-order valence-corrected chi connectivity index (χ2v) is 10.7. The molecule has 0 saturated carbocycles. The van der Waals surface area contributed by atoms with Crippen molar-refractivity contribution in [2.24, 2.45) is 5.10 Å². The minimum Gasteiger partial charge on any atom is -0.272 e. The van der Waals surface area contributed by atoms with E-state index in [4.69, 9.17) is 0 Å². The molecule has 0 saturated heterocycles. The number of nitrogens with one attached hydrogen (secondary N) is 1. The third-order valence-electron chi connectivity index (χ3n) is 4.98. The summed E-state index contributed by atoms with van der Waals surface area (Å²) in [5.74, 6) is -0.0966. The topological polar surface area (TPSA) is 78.8 Å². The van der Waals surface area contributed by atoms with Gasteiger partial charge < -0.3 is 0 Å². The number of benzene rings is 3. The number of hydrazone groups is 1. The Kier molecular flexibility index (Phi) is 8.55. The van der Waals surface area contributed by atoms with Crippen LogP contribution in [0.4, 0.5) is 0 Å². The molecule has 3 aromatic carbocycles. The average Bonchev–Trinajstić information content (AvgIpc) is 2.81. The quantitative estimate of drug-likeness (QED) is 0.317. The summed E-state index contributed by atoms with van der Waals surface area (Å²) in [7, 11) is -3.89. The van der Waals surface area contributed by atoms with E-state index in [1.54, 1.807) is 18.2 Å². The molecular formula is C25H26BrN3O3S. The van der Waals surface area contributed by atoms with Crippen molar-refractivity contribution in [2.75, 3.05) is 6.54 Å². The molecule has 8 heteroatoms. The number of nitrogens with zero attached hydrogens (tertiary/aromatic N) is 2. The zero-order chi connectivity index (χ0) is 23.8. The maximum Gasteiger partial charge on any atom is 0.255 e. The highest BCUT2D eigenvalue weighted by Crippen LogP contribution is 2.19. The van der Waals surface area contributed by atoms with Gasteiger partial charge in [0.1, 0.15) is 0 Å². The highest BCUT2D eigenvalue weighted by atomic mass is 79.9. The van der Waals surface area contributed by atoms with Crippen LogP contribution in [0.5, 0.6) is 0 Å². The predicted molar refractivity (Wildman–Crippen MR) is 134 cm³/mol. The minimum absolute atomic E-state index is 0.0539. The van der Waals surface area contributed by atoms with Crippen molar-refractivity contribution in [2.45, 2.75) is 31.2 Å². The first-order valence-corrected chi connectivity index (χ1v) is 12.7. The van der Waals surface area contributed by atoms with Gasteiger partial charge in [0, 0.05) is 11.0 Å². The van der Waals surface area contributed by atoms with Gasteiger partial charge in [0.25, 0.3) is 5.91 Å². The van der Waals surface area contributed by atoms with E-state index in [9.17, 15) is 13.2 Å². The van der Waals surface area contributed by atoms with Gasteiger partial charge in [0.2, 0.25) is 10.0 Å². The Hall–Kier alpha value is -2.81. The number of hydrogen-bond acceptors (Lipinski definition) is 4. The Morgan fingerprint density at radius 2 is 1.64 bits per heavy atom. The molecule has 0 radical (unpaired) electrons. The predicted octanol–water partition coefficient (Wildman–Crippen LogP) is 4.91. The maximum absolute atomic E-state index is 13.2. The molecule has 33 heavy (non-hydrogen) atoms. The first kappa shape index (κ1) is 24.8. The first-order chi connectivity index (χ1) is 15.8. The van der Waals surface area contributed by atoms with Crippen molar-refractivity contribution < 1.29 is 13.2 Å².